The molecule has 7 heteroatoms. The van der Waals surface area contributed by atoms with Crippen molar-refractivity contribution in [2.45, 2.75) is 77.0 Å². The third kappa shape index (κ3) is 4.31. The first-order valence-corrected chi connectivity index (χ1v) is 11.3. The van der Waals surface area contributed by atoms with Crippen molar-refractivity contribution in [3.05, 3.63) is 15.8 Å². The van der Waals surface area contributed by atoms with Crippen molar-refractivity contribution in [2.24, 2.45) is 0 Å². The lowest BCUT2D eigenvalue weighted by Crippen LogP contribution is -2.37. The van der Waals surface area contributed by atoms with Crippen LogP contribution in [-0.2, 0) is 4.79 Å². The van der Waals surface area contributed by atoms with Gasteiger partial charge in [0.15, 0.2) is 11.0 Å². The average Bonchev–Trinajstić information content (AvgIpc) is 3.18. The number of thiophene rings is 1. The minimum atomic E-state index is 0.101. The fourth-order valence-electron chi connectivity index (χ4n) is 3.41. The Kier molecular flexibility index (Phi) is 6.40. The van der Waals surface area contributed by atoms with E-state index < -0.39 is 0 Å². The van der Waals surface area contributed by atoms with Crippen molar-refractivity contribution in [2.75, 3.05) is 5.75 Å². The van der Waals surface area contributed by atoms with Crippen molar-refractivity contribution >= 4 is 29.0 Å². The zero-order valence-electron chi connectivity index (χ0n) is 16.0. The molecular formula is C19H28N4OS2. The fourth-order valence-corrected chi connectivity index (χ4v) is 5.15. The fraction of sp³-hybridized carbons (Fsp3) is 0.632. The molecule has 1 aliphatic carbocycles. The Hall–Kier alpha value is -1.34. The molecule has 1 fully saturated rings. The molecule has 2 aromatic rings. The monoisotopic (exact) mass is 392 g/mol. The van der Waals surface area contributed by atoms with E-state index in [4.69, 9.17) is 0 Å². The molecule has 0 unspecified atom stereocenters. The average molecular weight is 393 g/mol. The summed E-state index contributed by atoms with van der Waals surface area (Å²) in [5, 5.41) is 15.0. The summed E-state index contributed by atoms with van der Waals surface area (Å²) in [4.78, 5) is 13.6. The molecular weight excluding hydrogens is 364 g/mol. The minimum absolute atomic E-state index is 0.101. The van der Waals surface area contributed by atoms with Gasteiger partial charge in [0, 0.05) is 27.9 Å². The highest BCUT2D eigenvalue weighted by Gasteiger charge is 2.21. The molecule has 0 aliphatic heterocycles. The van der Waals surface area contributed by atoms with Gasteiger partial charge in [-0.15, -0.1) is 21.5 Å². The van der Waals surface area contributed by atoms with Gasteiger partial charge < -0.3 is 5.32 Å². The molecule has 5 nitrogen and oxygen atoms in total. The summed E-state index contributed by atoms with van der Waals surface area (Å²) >= 11 is 3.22. The van der Waals surface area contributed by atoms with Gasteiger partial charge in [-0.1, -0.05) is 31.0 Å². The number of aromatic nitrogens is 3. The maximum atomic E-state index is 12.3. The predicted octanol–water partition coefficient (Wildman–Crippen LogP) is 4.75. The van der Waals surface area contributed by atoms with E-state index in [-0.39, 0.29) is 11.9 Å². The third-order valence-electron chi connectivity index (χ3n) is 5.01. The van der Waals surface area contributed by atoms with E-state index in [0.29, 0.717) is 11.8 Å². The molecule has 1 aliphatic rings. The van der Waals surface area contributed by atoms with Crippen LogP contribution in [0, 0.1) is 13.8 Å². The number of hydrogen-bond acceptors (Lipinski definition) is 5. The third-order valence-corrected chi connectivity index (χ3v) is 6.97. The molecule has 1 saturated carbocycles. The Labute approximate surface area is 164 Å². The topological polar surface area (TPSA) is 59.8 Å². The number of aryl methyl sites for hydroxylation is 1. The highest BCUT2D eigenvalue weighted by atomic mass is 32.2. The van der Waals surface area contributed by atoms with Gasteiger partial charge in [0.25, 0.3) is 0 Å². The SMILES string of the molecule is Cc1scc(-c2nnc(SCC(=O)NC3CCCCC3)n2C(C)C)c1C. The Morgan fingerprint density at radius 2 is 2.04 bits per heavy atom. The quantitative estimate of drug-likeness (QED) is 0.721. The highest BCUT2D eigenvalue weighted by Crippen LogP contribution is 2.33. The molecule has 1 amide bonds. The summed E-state index contributed by atoms with van der Waals surface area (Å²) in [6.07, 6.45) is 5.97. The lowest BCUT2D eigenvalue weighted by Gasteiger charge is -2.22. The van der Waals surface area contributed by atoms with Crippen LogP contribution in [0.3, 0.4) is 0 Å². The van der Waals surface area contributed by atoms with Crippen LogP contribution in [0.15, 0.2) is 10.5 Å². The first-order valence-electron chi connectivity index (χ1n) is 9.39. The maximum absolute atomic E-state index is 12.3. The van der Waals surface area contributed by atoms with E-state index in [0.717, 1.165) is 29.4 Å². The summed E-state index contributed by atoms with van der Waals surface area (Å²) in [7, 11) is 0. The second-order valence-corrected chi connectivity index (χ2v) is 9.32. The molecule has 0 radical (unpaired) electrons. The largest absolute Gasteiger partial charge is 0.353 e. The summed E-state index contributed by atoms with van der Waals surface area (Å²) in [5.74, 6) is 1.39. The van der Waals surface area contributed by atoms with Crippen LogP contribution >= 0.6 is 23.1 Å². The smallest absolute Gasteiger partial charge is 0.230 e. The van der Waals surface area contributed by atoms with Gasteiger partial charge in [-0.2, -0.15) is 0 Å². The molecule has 0 aromatic carbocycles. The normalized spacial score (nSPS) is 15.6. The summed E-state index contributed by atoms with van der Waals surface area (Å²) < 4.78 is 2.15. The van der Waals surface area contributed by atoms with Gasteiger partial charge in [-0.05, 0) is 46.1 Å². The number of nitrogens with one attached hydrogen (secondary N) is 1. The Morgan fingerprint density at radius 3 is 2.65 bits per heavy atom. The minimum Gasteiger partial charge on any atom is -0.353 e. The number of thioether (sulfide) groups is 1. The molecule has 2 aromatic heterocycles. The number of hydrogen-bond donors (Lipinski definition) is 1. The lowest BCUT2D eigenvalue weighted by molar-refractivity contribution is -0.119. The molecule has 3 rings (SSSR count). The Bertz CT molecular complexity index is 760. The van der Waals surface area contributed by atoms with Crippen molar-refractivity contribution in [3.63, 3.8) is 0 Å². The molecule has 142 valence electrons. The van der Waals surface area contributed by atoms with Crippen LogP contribution in [0.5, 0.6) is 0 Å². The van der Waals surface area contributed by atoms with Crippen molar-refractivity contribution < 1.29 is 4.79 Å². The number of amides is 1. The summed E-state index contributed by atoms with van der Waals surface area (Å²) in [5.41, 5.74) is 2.41. The lowest BCUT2D eigenvalue weighted by atomic mass is 9.95. The molecule has 0 bridgehead atoms. The van der Waals surface area contributed by atoms with E-state index in [1.807, 2.05) is 0 Å². The van der Waals surface area contributed by atoms with Crippen molar-refractivity contribution in [1.29, 1.82) is 0 Å². The molecule has 0 spiro atoms. The van der Waals surface area contributed by atoms with Gasteiger partial charge in [0.05, 0.1) is 5.75 Å². The Morgan fingerprint density at radius 1 is 1.31 bits per heavy atom. The summed E-state index contributed by atoms with van der Waals surface area (Å²) in [6, 6.07) is 0.593. The maximum Gasteiger partial charge on any atom is 0.230 e. The van der Waals surface area contributed by atoms with Gasteiger partial charge in [0.2, 0.25) is 5.91 Å². The van der Waals surface area contributed by atoms with Gasteiger partial charge in [-0.25, -0.2) is 0 Å². The van der Waals surface area contributed by atoms with Crippen LogP contribution in [-0.4, -0.2) is 32.5 Å². The van der Waals surface area contributed by atoms with Crippen LogP contribution in [0.2, 0.25) is 0 Å². The van der Waals surface area contributed by atoms with E-state index in [1.54, 1.807) is 11.3 Å². The number of carbonyl (C=O) groups is 1. The predicted molar refractivity (Wildman–Crippen MR) is 109 cm³/mol. The number of nitrogens with zero attached hydrogens (tertiary/aromatic N) is 3. The first-order chi connectivity index (χ1) is 12.5. The molecule has 1 N–H and O–H groups in total. The van der Waals surface area contributed by atoms with Crippen LogP contribution < -0.4 is 5.32 Å². The second-order valence-electron chi connectivity index (χ2n) is 7.29. The first kappa shape index (κ1) is 19.4. The van der Waals surface area contributed by atoms with E-state index in [2.05, 4.69) is 53.2 Å². The zero-order chi connectivity index (χ0) is 18.7. The van der Waals surface area contributed by atoms with Crippen molar-refractivity contribution in [3.8, 4) is 11.4 Å². The molecule has 26 heavy (non-hydrogen) atoms. The molecule has 0 atom stereocenters. The van der Waals surface area contributed by atoms with Crippen molar-refractivity contribution in [1.82, 2.24) is 20.1 Å². The van der Waals surface area contributed by atoms with Crippen LogP contribution in [0.4, 0.5) is 0 Å². The number of rotatable bonds is 6. The van der Waals surface area contributed by atoms with Gasteiger partial charge >= 0.3 is 0 Å². The van der Waals surface area contributed by atoms with Gasteiger partial charge in [-0.3, -0.25) is 9.36 Å². The van der Waals surface area contributed by atoms with Crippen LogP contribution in [0.1, 0.15) is 62.4 Å². The van der Waals surface area contributed by atoms with E-state index in [1.165, 1.54) is 41.5 Å². The zero-order valence-corrected chi connectivity index (χ0v) is 17.7. The van der Waals surface area contributed by atoms with Gasteiger partial charge in [0.1, 0.15) is 0 Å². The second kappa shape index (κ2) is 8.57. The molecule has 0 saturated heterocycles. The Balaban J connectivity index is 1.70. The van der Waals surface area contributed by atoms with E-state index >= 15 is 0 Å². The highest BCUT2D eigenvalue weighted by molar-refractivity contribution is 7.99. The molecule has 2 heterocycles. The van der Waals surface area contributed by atoms with E-state index in [9.17, 15) is 4.79 Å². The standard InChI is InChI=1S/C19H28N4OS2/c1-12(2)23-18(16-10-25-14(4)13(16)3)21-22-19(23)26-11-17(24)20-15-8-6-5-7-9-15/h10,12,15H,5-9,11H2,1-4H3,(H,20,24). The van der Waals surface area contributed by atoms with Crippen LogP contribution in [0.25, 0.3) is 11.4 Å². The number of carbonyl (C=O) groups excluding carboxylic acids is 1. The summed E-state index contributed by atoms with van der Waals surface area (Å²) in [6.45, 7) is 8.52.